The van der Waals surface area contributed by atoms with Crippen LogP contribution in [0.25, 0.3) is 21.9 Å². The van der Waals surface area contributed by atoms with Crippen molar-refractivity contribution in [3.63, 3.8) is 0 Å². The minimum absolute atomic E-state index is 0.150. The molecule has 0 fully saturated rings. The van der Waals surface area contributed by atoms with Gasteiger partial charge in [-0.25, -0.2) is 0 Å². The molecule has 0 saturated heterocycles. The lowest BCUT2D eigenvalue weighted by molar-refractivity contribution is 0.678. The van der Waals surface area contributed by atoms with E-state index < -0.39 is 0 Å². The number of hydrogen-bond acceptors (Lipinski definition) is 3. The van der Waals surface area contributed by atoms with Crippen molar-refractivity contribution in [2.45, 2.75) is 18.9 Å². The van der Waals surface area contributed by atoms with E-state index in [1.54, 1.807) is 0 Å². The van der Waals surface area contributed by atoms with Gasteiger partial charge >= 0.3 is 0 Å². The van der Waals surface area contributed by atoms with Gasteiger partial charge in [0.05, 0.1) is 6.04 Å². The summed E-state index contributed by atoms with van der Waals surface area (Å²) in [7, 11) is 0. The molecule has 43 heavy (non-hydrogen) atoms. The molecule has 1 unspecified atom stereocenters. The summed E-state index contributed by atoms with van der Waals surface area (Å²) in [6.45, 7) is 0.837. The average Bonchev–Trinajstić information content (AvgIpc) is 3.54. The van der Waals surface area contributed by atoms with Gasteiger partial charge in [0, 0.05) is 35.5 Å². The fraction of sp³-hybridized carbons (Fsp3) is 0.100. The first-order valence-electron chi connectivity index (χ1n) is 15.2. The second-order valence-corrected chi connectivity index (χ2v) is 11.9. The lowest BCUT2D eigenvalue weighted by atomic mass is 9.86. The summed E-state index contributed by atoms with van der Waals surface area (Å²) in [6, 6.07) is 33.3. The van der Waals surface area contributed by atoms with Crippen molar-refractivity contribution >= 4 is 33.3 Å². The van der Waals surface area contributed by atoms with Gasteiger partial charge in [-0.15, -0.1) is 0 Å². The van der Waals surface area contributed by atoms with E-state index in [1.165, 1.54) is 78.1 Å². The maximum atomic E-state index is 3.72. The summed E-state index contributed by atoms with van der Waals surface area (Å²) in [6.07, 6.45) is 18.0. The average molecular weight is 554 g/mol. The predicted octanol–water partition coefficient (Wildman–Crippen LogP) is 8.50. The van der Waals surface area contributed by atoms with Crippen LogP contribution in [0.2, 0.25) is 0 Å². The number of benzene rings is 4. The quantitative estimate of drug-likeness (QED) is 0.266. The highest BCUT2D eigenvalue weighted by Crippen LogP contribution is 2.43. The number of nitrogens with one attached hydrogen (secondary N) is 2. The molecule has 0 amide bonds. The van der Waals surface area contributed by atoms with Gasteiger partial charge in [-0.1, -0.05) is 85.0 Å². The van der Waals surface area contributed by atoms with Crippen LogP contribution in [0.3, 0.4) is 0 Å². The Morgan fingerprint density at radius 2 is 1.60 bits per heavy atom. The highest BCUT2D eigenvalue weighted by atomic mass is 15.2. The summed E-state index contributed by atoms with van der Waals surface area (Å²) in [5, 5.41) is 9.92. The lowest BCUT2D eigenvalue weighted by Crippen LogP contribution is -2.40. The largest absolute Gasteiger partial charge is 0.382 e. The zero-order chi connectivity index (χ0) is 28.3. The van der Waals surface area contributed by atoms with E-state index in [2.05, 4.69) is 149 Å². The molecule has 0 spiro atoms. The molecule has 9 rings (SSSR count). The Bertz CT molecular complexity index is 2050. The predicted molar refractivity (Wildman–Crippen MR) is 179 cm³/mol. The van der Waals surface area contributed by atoms with Crippen molar-refractivity contribution in [3.8, 4) is 0 Å². The lowest BCUT2D eigenvalue weighted by Gasteiger charge is -2.34. The number of hydrogen-bond donors (Lipinski definition) is 2. The van der Waals surface area contributed by atoms with Crippen LogP contribution >= 0.6 is 0 Å². The molecule has 0 bridgehead atoms. The second-order valence-electron chi connectivity index (χ2n) is 11.9. The summed E-state index contributed by atoms with van der Waals surface area (Å²) in [4.78, 5) is 2.44. The van der Waals surface area contributed by atoms with Crippen LogP contribution in [-0.2, 0) is 6.42 Å². The summed E-state index contributed by atoms with van der Waals surface area (Å²) in [5.41, 5.74) is 15.6. The number of rotatable bonds is 3. The van der Waals surface area contributed by atoms with Crippen LogP contribution in [0.1, 0.15) is 23.1 Å². The van der Waals surface area contributed by atoms with Crippen LogP contribution in [0.5, 0.6) is 0 Å². The van der Waals surface area contributed by atoms with Gasteiger partial charge in [-0.3, -0.25) is 0 Å². The highest BCUT2D eigenvalue weighted by Gasteiger charge is 2.28. The maximum Gasteiger partial charge on any atom is 0.0916 e. The third-order valence-corrected chi connectivity index (χ3v) is 9.35. The highest BCUT2D eigenvalue weighted by molar-refractivity contribution is 5.92. The molecule has 0 radical (unpaired) electrons. The minimum atomic E-state index is 0.150. The Balaban J connectivity index is 1.00. The van der Waals surface area contributed by atoms with E-state index in [0.717, 1.165) is 19.4 Å². The van der Waals surface area contributed by atoms with Crippen LogP contribution in [0, 0.1) is 0 Å². The SMILES string of the molecule is C1=CC2=C(C1)Cc1ccccc1N2c1ccc2cc(C3=CNC4C(=C3)C=CC3=C4NCC(c4ccccc4)=C3)ccc2c1. The van der Waals surface area contributed by atoms with E-state index in [9.17, 15) is 0 Å². The molecule has 3 heteroatoms. The standard InChI is InChI=1S/C40H31N3/c1-2-7-26(8-3-1)34-21-32-15-16-33-22-35(25-42-40(33)39(32)41-24-34)28-13-14-29-23-36(18-17-27(29)19-28)43-37-11-5-4-9-30(37)20-31-10-6-12-38(31)43/h1-9,11-19,21-23,25,40-42H,10,20,24H2. The molecule has 3 nitrogen and oxygen atoms in total. The van der Waals surface area contributed by atoms with Gasteiger partial charge in [-0.2, -0.15) is 0 Å². The molecule has 4 aromatic carbocycles. The molecule has 206 valence electrons. The van der Waals surface area contributed by atoms with E-state index in [-0.39, 0.29) is 6.04 Å². The molecule has 0 aromatic heterocycles. The monoisotopic (exact) mass is 553 g/mol. The second kappa shape index (κ2) is 9.64. The van der Waals surface area contributed by atoms with Crippen LogP contribution in [0.4, 0.5) is 11.4 Å². The minimum Gasteiger partial charge on any atom is -0.382 e. The fourth-order valence-corrected chi connectivity index (χ4v) is 7.17. The van der Waals surface area contributed by atoms with Crippen molar-refractivity contribution in [1.82, 2.24) is 10.6 Å². The van der Waals surface area contributed by atoms with Crippen molar-refractivity contribution in [3.05, 3.63) is 178 Å². The van der Waals surface area contributed by atoms with E-state index in [0.29, 0.717) is 0 Å². The number of anilines is 2. The third-order valence-electron chi connectivity index (χ3n) is 9.35. The van der Waals surface area contributed by atoms with Crippen LogP contribution < -0.4 is 15.5 Å². The first-order chi connectivity index (χ1) is 21.3. The summed E-state index contributed by atoms with van der Waals surface area (Å²) >= 11 is 0. The van der Waals surface area contributed by atoms with Crippen molar-refractivity contribution in [2.24, 2.45) is 0 Å². The number of allylic oxidation sites excluding steroid dienone is 8. The van der Waals surface area contributed by atoms with Gasteiger partial charge < -0.3 is 15.5 Å². The van der Waals surface area contributed by atoms with Gasteiger partial charge in [0.15, 0.2) is 0 Å². The van der Waals surface area contributed by atoms with Crippen molar-refractivity contribution in [1.29, 1.82) is 0 Å². The summed E-state index contributed by atoms with van der Waals surface area (Å²) < 4.78 is 0. The third kappa shape index (κ3) is 4.04. The fourth-order valence-electron chi connectivity index (χ4n) is 7.17. The molecule has 4 aromatic rings. The topological polar surface area (TPSA) is 27.3 Å². The zero-order valence-corrected chi connectivity index (χ0v) is 23.8. The van der Waals surface area contributed by atoms with Crippen LogP contribution in [-0.4, -0.2) is 12.6 Å². The Morgan fingerprint density at radius 3 is 2.56 bits per heavy atom. The maximum absolute atomic E-state index is 3.72. The van der Waals surface area contributed by atoms with Gasteiger partial charge in [0.25, 0.3) is 0 Å². The van der Waals surface area contributed by atoms with E-state index in [4.69, 9.17) is 0 Å². The van der Waals surface area contributed by atoms with Gasteiger partial charge in [0.2, 0.25) is 0 Å². The Hall–Kier alpha value is -5.28. The zero-order valence-electron chi connectivity index (χ0n) is 23.8. The smallest absolute Gasteiger partial charge is 0.0916 e. The van der Waals surface area contributed by atoms with Crippen LogP contribution in [0.15, 0.2) is 162 Å². The normalized spacial score (nSPS) is 20.0. The summed E-state index contributed by atoms with van der Waals surface area (Å²) in [5.74, 6) is 0. The van der Waals surface area contributed by atoms with E-state index in [1.807, 2.05) is 0 Å². The number of fused-ring (bicyclic) bond motifs is 4. The molecular weight excluding hydrogens is 522 g/mol. The first-order valence-corrected chi connectivity index (χ1v) is 15.2. The van der Waals surface area contributed by atoms with E-state index >= 15 is 0 Å². The molecular formula is C40H31N3. The molecule has 2 N–H and O–H groups in total. The molecule has 2 aliphatic carbocycles. The molecule has 3 aliphatic heterocycles. The molecule has 0 saturated carbocycles. The van der Waals surface area contributed by atoms with Gasteiger partial charge in [0.1, 0.15) is 0 Å². The van der Waals surface area contributed by atoms with Crippen molar-refractivity contribution in [2.75, 3.05) is 11.4 Å². The van der Waals surface area contributed by atoms with Gasteiger partial charge in [-0.05, 0) is 111 Å². The Kier molecular flexibility index (Phi) is 5.45. The number of dihydropyridines is 2. The molecule has 1 atom stereocenters. The molecule has 3 heterocycles. The number of nitrogens with zero attached hydrogens (tertiary/aromatic N) is 1. The number of para-hydroxylation sites is 1. The molecule has 5 aliphatic rings. The van der Waals surface area contributed by atoms with Crippen molar-refractivity contribution < 1.29 is 0 Å². The Labute approximate surface area is 252 Å². The Morgan fingerprint density at radius 1 is 0.744 bits per heavy atom. The first kappa shape index (κ1) is 24.3.